The average Bonchev–Trinajstić information content (AvgIpc) is 2.87. The molecular weight excluding hydrogens is 604 g/mol. The summed E-state index contributed by atoms with van der Waals surface area (Å²) in [7, 11) is 0. The molecule has 0 heterocycles. The molecule has 0 aromatic heterocycles. The number of carbonyl (C=O) groups excluding carboxylic acids is 5. The molecule has 0 aromatic carbocycles. The number of aliphatic carboxylic acids is 1. The van der Waals surface area contributed by atoms with Crippen LogP contribution in [0.2, 0.25) is 0 Å². The van der Waals surface area contributed by atoms with Crippen LogP contribution in [0.3, 0.4) is 0 Å². The highest BCUT2D eigenvalue weighted by Crippen LogP contribution is 2.09. The van der Waals surface area contributed by atoms with E-state index in [2.05, 4.69) is 27.7 Å². The van der Waals surface area contributed by atoms with Crippen LogP contribution >= 0.6 is 0 Å². The van der Waals surface area contributed by atoms with Gasteiger partial charge in [0.25, 0.3) is 0 Å². The van der Waals surface area contributed by atoms with Crippen LogP contribution in [-0.2, 0) is 28.8 Å². The maximum Gasteiger partial charge on any atom is 0.330 e. The van der Waals surface area contributed by atoms with Gasteiger partial charge in [0.15, 0.2) is 11.6 Å². The molecule has 0 bridgehead atoms. The molecule has 0 aliphatic heterocycles. The summed E-state index contributed by atoms with van der Waals surface area (Å²) < 4.78 is 0. The van der Waals surface area contributed by atoms with E-state index in [0.29, 0.717) is 40.9 Å². The van der Waals surface area contributed by atoms with Crippen molar-refractivity contribution in [2.24, 2.45) is 41.4 Å². The second-order valence-corrected chi connectivity index (χ2v) is 14.0. The first-order valence-electron chi connectivity index (χ1n) is 16.8. The first-order valence-corrected chi connectivity index (χ1v) is 16.8. The highest BCUT2D eigenvalue weighted by Gasteiger charge is 2.10. The van der Waals surface area contributed by atoms with E-state index in [9.17, 15) is 28.8 Å². The fraction of sp³-hybridized carbons (Fsp3) is 0.707. The van der Waals surface area contributed by atoms with Gasteiger partial charge >= 0.3 is 5.97 Å². The zero-order valence-electron chi connectivity index (χ0n) is 34.0. The van der Waals surface area contributed by atoms with E-state index in [0.717, 1.165) is 12.0 Å². The lowest BCUT2D eigenvalue weighted by Gasteiger charge is -2.09. The molecule has 1 atom stereocenters. The molecule has 0 saturated carbocycles. The number of hydrogen-bond acceptors (Lipinski definition) is 6. The minimum atomic E-state index is -0.830. The lowest BCUT2D eigenvalue weighted by Crippen LogP contribution is -2.12. The molecule has 0 rings (SSSR count). The van der Waals surface area contributed by atoms with Gasteiger partial charge in [0.1, 0.15) is 17.3 Å². The van der Waals surface area contributed by atoms with Crippen molar-refractivity contribution in [2.75, 3.05) is 0 Å². The van der Waals surface area contributed by atoms with Crippen molar-refractivity contribution in [1.29, 1.82) is 0 Å². The maximum atomic E-state index is 10.6. The molecule has 1 N–H and O–H groups in total. The Kier molecular flexibility index (Phi) is 46.4. The van der Waals surface area contributed by atoms with Crippen molar-refractivity contribution in [3.8, 4) is 0 Å². The summed E-state index contributed by atoms with van der Waals surface area (Å²) in [6.45, 7) is 37.5. The van der Waals surface area contributed by atoms with Crippen LogP contribution in [0.25, 0.3) is 0 Å². The number of ketones is 5. The molecular formula is C41H78O7. The molecule has 1 unspecified atom stereocenters. The first kappa shape index (κ1) is 60.4. The van der Waals surface area contributed by atoms with Gasteiger partial charge < -0.3 is 9.90 Å². The van der Waals surface area contributed by atoms with E-state index in [1.165, 1.54) is 0 Å². The predicted octanol–water partition coefficient (Wildman–Crippen LogP) is 11.0. The second kappa shape index (κ2) is 36.9. The molecule has 0 aliphatic carbocycles. The molecule has 284 valence electrons. The molecule has 0 aromatic rings. The SMILES string of the molecule is C.C/C(=C/C(C)C)C(=O)O.CC(=O)/C(C)=C/C(C)C.CC(=O)/C=C/C(C)C.CC(=O)C(C)C.CC(=O)C(C)C(C)C.CC(=O)CC(C)C. The van der Waals surface area contributed by atoms with Crippen molar-refractivity contribution in [3.63, 3.8) is 0 Å². The Balaban J connectivity index is -0.0000000841. The van der Waals surface area contributed by atoms with Crippen LogP contribution < -0.4 is 0 Å². The molecule has 7 heteroatoms. The normalized spacial score (nSPS) is 11.4. The van der Waals surface area contributed by atoms with Crippen LogP contribution in [0.1, 0.15) is 152 Å². The topological polar surface area (TPSA) is 123 Å². The van der Waals surface area contributed by atoms with Gasteiger partial charge in [0, 0.05) is 23.8 Å². The molecule has 0 amide bonds. The Bertz CT molecular complexity index is 939. The van der Waals surface area contributed by atoms with E-state index in [1.807, 2.05) is 81.4 Å². The summed E-state index contributed by atoms with van der Waals surface area (Å²) >= 11 is 0. The summed E-state index contributed by atoms with van der Waals surface area (Å²) in [6, 6.07) is 0. The van der Waals surface area contributed by atoms with Crippen LogP contribution in [0.15, 0.2) is 35.5 Å². The number of Topliss-reactive ketones (excluding diaryl/α,β-unsaturated/α-hetero) is 4. The fourth-order valence-electron chi connectivity index (χ4n) is 2.56. The highest BCUT2D eigenvalue weighted by molar-refractivity contribution is 5.92. The molecule has 0 radical (unpaired) electrons. The summed E-state index contributed by atoms with van der Waals surface area (Å²) in [5.74, 6) is 3.05. The lowest BCUT2D eigenvalue weighted by molar-refractivity contribution is -0.132. The quantitative estimate of drug-likeness (QED) is 0.215. The number of carboxylic acid groups (broad SMARTS) is 1. The Morgan fingerprint density at radius 3 is 0.979 bits per heavy atom. The monoisotopic (exact) mass is 683 g/mol. The van der Waals surface area contributed by atoms with Gasteiger partial charge in [-0.3, -0.25) is 19.2 Å². The Morgan fingerprint density at radius 1 is 0.562 bits per heavy atom. The van der Waals surface area contributed by atoms with Crippen LogP contribution in [0, 0.1) is 41.4 Å². The Morgan fingerprint density at radius 2 is 0.917 bits per heavy atom. The van der Waals surface area contributed by atoms with Gasteiger partial charge in [-0.05, 0) is 89.7 Å². The zero-order chi connectivity index (χ0) is 39.2. The van der Waals surface area contributed by atoms with Crippen molar-refractivity contribution < 1.29 is 33.9 Å². The van der Waals surface area contributed by atoms with Gasteiger partial charge in [-0.1, -0.05) is 116 Å². The molecule has 0 saturated heterocycles. The van der Waals surface area contributed by atoms with Crippen LogP contribution in [-0.4, -0.2) is 40.0 Å². The number of allylic oxidation sites excluding steroid dienone is 5. The van der Waals surface area contributed by atoms with Crippen LogP contribution in [0.5, 0.6) is 0 Å². The second-order valence-electron chi connectivity index (χ2n) is 14.0. The maximum absolute atomic E-state index is 10.6. The fourth-order valence-corrected chi connectivity index (χ4v) is 2.56. The van der Waals surface area contributed by atoms with E-state index >= 15 is 0 Å². The van der Waals surface area contributed by atoms with Gasteiger partial charge in [-0.25, -0.2) is 4.79 Å². The van der Waals surface area contributed by atoms with Gasteiger partial charge in [0.05, 0.1) is 0 Å². The van der Waals surface area contributed by atoms with Crippen molar-refractivity contribution >= 4 is 34.9 Å². The van der Waals surface area contributed by atoms with Crippen molar-refractivity contribution in [2.45, 2.75) is 152 Å². The minimum absolute atomic E-state index is 0. The number of carbonyl (C=O) groups is 6. The minimum Gasteiger partial charge on any atom is -0.478 e. The number of hydrogen-bond donors (Lipinski definition) is 1. The predicted molar refractivity (Wildman–Crippen MR) is 207 cm³/mol. The van der Waals surface area contributed by atoms with Crippen LogP contribution in [0.4, 0.5) is 0 Å². The summed E-state index contributed by atoms with van der Waals surface area (Å²) in [5.41, 5.74) is 1.29. The van der Waals surface area contributed by atoms with E-state index in [4.69, 9.17) is 5.11 Å². The highest BCUT2D eigenvalue weighted by atomic mass is 16.4. The smallest absolute Gasteiger partial charge is 0.330 e. The molecule has 0 fully saturated rings. The zero-order valence-corrected chi connectivity index (χ0v) is 34.0. The van der Waals surface area contributed by atoms with Crippen molar-refractivity contribution in [3.05, 3.63) is 35.5 Å². The average molecular weight is 683 g/mol. The third-order valence-corrected chi connectivity index (χ3v) is 5.93. The molecule has 0 spiro atoms. The Labute approximate surface area is 297 Å². The summed E-state index contributed by atoms with van der Waals surface area (Å²) in [4.78, 5) is 62.0. The third kappa shape index (κ3) is 65.6. The van der Waals surface area contributed by atoms with Gasteiger partial charge in [0.2, 0.25) is 0 Å². The molecule has 48 heavy (non-hydrogen) atoms. The summed E-state index contributed by atoms with van der Waals surface area (Å²) in [6.07, 6.45) is 7.91. The lowest BCUT2D eigenvalue weighted by atomic mass is 9.95. The van der Waals surface area contributed by atoms with E-state index in [1.54, 1.807) is 53.7 Å². The van der Waals surface area contributed by atoms with E-state index < -0.39 is 5.97 Å². The third-order valence-electron chi connectivity index (χ3n) is 5.93. The van der Waals surface area contributed by atoms with Gasteiger partial charge in [-0.2, -0.15) is 0 Å². The Hall–Kier alpha value is -2.96. The largest absolute Gasteiger partial charge is 0.478 e. The van der Waals surface area contributed by atoms with Gasteiger partial charge in [-0.15, -0.1) is 0 Å². The number of rotatable bonds is 11. The first-order chi connectivity index (χ1) is 21.0. The van der Waals surface area contributed by atoms with Crippen molar-refractivity contribution in [1.82, 2.24) is 0 Å². The number of carboxylic acids is 1. The molecule has 7 nitrogen and oxygen atoms in total. The summed E-state index contributed by atoms with van der Waals surface area (Å²) in [5, 5.41) is 8.36. The molecule has 0 aliphatic rings. The standard InChI is InChI=1S/C8H14O.C7H12O2.C7H12O.C7H14O.C6H12O.C5H10O.CH4/c1-6(2)5-7(3)8(4)9;1-5(2)4-6(3)7(8)9;1-6(2)4-5-7(3)8;1-5(2)6(3)7(4)8;1-5(2)4-6(3)7;1-4(2)5(3)6;/h5-6H,1-4H3;4-5H,1-3H3,(H,8,9);4-6H,1-3H3;5-6H,1-4H3;5H,4H2,1-3H3;4H,1-3H3;1H4/b7-5+;6-4-;5-4+;;;;. The van der Waals surface area contributed by atoms with E-state index in [-0.39, 0.29) is 42.4 Å².